The Morgan fingerprint density at radius 2 is 1.92 bits per heavy atom. The van der Waals surface area contributed by atoms with Crippen LogP contribution in [0.5, 0.6) is 0 Å². The first kappa shape index (κ1) is 26.5. The highest BCUT2D eigenvalue weighted by atomic mass is 35.5. The van der Waals surface area contributed by atoms with Crippen LogP contribution in [0.15, 0.2) is 45.8 Å². The number of alkyl halides is 3. The van der Waals surface area contributed by atoms with Crippen molar-refractivity contribution in [3.8, 4) is 11.4 Å². The molecule has 0 spiro atoms. The lowest BCUT2D eigenvalue weighted by Crippen LogP contribution is -2.45. The van der Waals surface area contributed by atoms with Gasteiger partial charge in [-0.1, -0.05) is 28.9 Å². The van der Waals surface area contributed by atoms with Gasteiger partial charge in [0.2, 0.25) is 11.7 Å². The lowest BCUT2D eigenvalue weighted by Gasteiger charge is -2.24. The smallest absolute Gasteiger partial charge is 0.339 e. The first-order valence-corrected chi connectivity index (χ1v) is 12.3. The van der Waals surface area contributed by atoms with Crippen LogP contribution in [0.25, 0.3) is 11.4 Å². The van der Waals surface area contributed by atoms with E-state index in [9.17, 15) is 31.2 Å². The Hall–Kier alpha value is -3.56. The molecule has 0 radical (unpaired) electrons. The molecule has 2 heterocycles. The summed E-state index contributed by atoms with van der Waals surface area (Å²) in [5.74, 6) is -5.52. The first-order chi connectivity index (χ1) is 17.2. The molecule has 1 aromatic heterocycles. The van der Waals surface area contributed by atoms with Crippen molar-refractivity contribution in [3.05, 3.63) is 58.7 Å². The Kier molecular flexibility index (Phi) is 6.96. The minimum Gasteiger partial charge on any atom is -0.339 e. The molecular weight excluding hydrogens is 546 g/mol. The summed E-state index contributed by atoms with van der Waals surface area (Å²) in [6, 6.07) is 6.46. The number of hydrogen-bond donors (Lipinski definition) is 2. The topological polar surface area (TPSA) is 148 Å². The fraction of sp³-hybridized carbons (Fsp3) is 0.238. The largest absolute Gasteiger partial charge is 0.405 e. The maximum absolute atomic E-state index is 15.1. The fourth-order valence-electron chi connectivity index (χ4n) is 3.51. The molecule has 0 fully saturated rings. The number of nitrogens with two attached hydrogens (primary N) is 1. The van der Waals surface area contributed by atoms with Crippen LogP contribution in [0.1, 0.15) is 16.2 Å². The first-order valence-electron chi connectivity index (χ1n) is 10.3. The average Bonchev–Trinajstić information content (AvgIpc) is 3.29. The SMILES string of the molecule is N[C@H]1CS(=O)(=O)c2cc(F)c(-c3noc(C(=O)NCC(F)(F)F)n3)cc2N(Cc2ccc(Cl)cc2)C1=O. The second kappa shape index (κ2) is 9.72. The van der Waals surface area contributed by atoms with Crippen LogP contribution in [-0.2, 0) is 21.2 Å². The molecule has 37 heavy (non-hydrogen) atoms. The Morgan fingerprint density at radius 1 is 1.24 bits per heavy atom. The second-order valence-electron chi connectivity index (χ2n) is 7.96. The van der Waals surface area contributed by atoms with E-state index in [1.165, 1.54) is 5.32 Å². The van der Waals surface area contributed by atoms with Crippen molar-refractivity contribution in [1.82, 2.24) is 15.5 Å². The maximum atomic E-state index is 15.1. The number of nitrogens with zero attached hydrogens (tertiary/aromatic N) is 3. The zero-order valence-electron chi connectivity index (χ0n) is 18.4. The summed E-state index contributed by atoms with van der Waals surface area (Å²) >= 11 is 5.89. The number of anilines is 1. The zero-order chi connectivity index (χ0) is 27.1. The molecule has 0 bridgehead atoms. The molecule has 3 N–H and O–H groups in total. The lowest BCUT2D eigenvalue weighted by atomic mass is 10.1. The van der Waals surface area contributed by atoms with Crippen molar-refractivity contribution in [2.75, 3.05) is 17.2 Å². The van der Waals surface area contributed by atoms with E-state index in [2.05, 4.69) is 14.7 Å². The second-order valence-corrected chi connectivity index (χ2v) is 10.4. The normalized spacial score (nSPS) is 17.3. The van der Waals surface area contributed by atoms with Crippen LogP contribution < -0.4 is 16.0 Å². The van der Waals surface area contributed by atoms with Crippen LogP contribution in [0.4, 0.5) is 23.2 Å². The molecule has 2 aromatic carbocycles. The molecule has 0 saturated heterocycles. The number of carbonyl (C=O) groups excluding carboxylic acids is 2. The summed E-state index contributed by atoms with van der Waals surface area (Å²) in [6.07, 6.45) is -4.70. The van der Waals surface area contributed by atoms with Gasteiger partial charge in [0.15, 0.2) is 9.84 Å². The van der Waals surface area contributed by atoms with Crippen LogP contribution >= 0.6 is 11.6 Å². The average molecular weight is 562 g/mol. The third kappa shape index (κ3) is 5.73. The number of rotatable bonds is 5. The molecule has 0 unspecified atom stereocenters. The molecule has 10 nitrogen and oxygen atoms in total. The number of benzene rings is 2. The summed E-state index contributed by atoms with van der Waals surface area (Å²) < 4.78 is 82.6. The van der Waals surface area contributed by atoms with Crippen molar-refractivity contribution in [2.45, 2.75) is 23.7 Å². The van der Waals surface area contributed by atoms with Gasteiger partial charge in [0, 0.05) is 5.02 Å². The molecule has 4 rings (SSSR count). The van der Waals surface area contributed by atoms with Gasteiger partial charge >= 0.3 is 18.0 Å². The standard InChI is InChI=1S/C21H16ClF4N5O5S/c22-11-3-1-10(2-4-11)7-31-15-5-12(13(23)6-16(15)37(34,35)8-14(27)20(31)33)17-29-19(36-30-17)18(32)28-9-21(24,25)26/h1-6,14H,7-9,27H2,(H,28,32)/t14-/m0/s1. The van der Waals surface area contributed by atoms with Gasteiger partial charge in [0.1, 0.15) is 12.4 Å². The van der Waals surface area contributed by atoms with Crippen molar-refractivity contribution >= 4 is 38.9 Å². The van der Waals surface area contributed by atoms with Crippen LogP contribution in [0, 0.1) is 5.82 Å². The van der Waals surface area contributed by atoms with Gasteiger partial charge in [-0.2, -0.15) is 18.2 Å². The minimum absolute atomic E-state index is 0.158. The van der Waals surface area contributed by atoms with Crippen molar-refractivity contribution in [1.29, 1.82) is 0 Å². The quantitative estimate of drug-likeness (QED) is 0.451. The third-order valence-electron chi connectivity index (χ3n) is 5.22. The van der Waals surface area contributed by atoms with Gasteiger partial charge in [0.05, 0.1) is 34.5 Å². The van der Waals surface area contributed by atoms with Crippen LogP contribution in [0.3, 0.4) is 0 Å². The van der Waals surface area contributed by atoms with Gasteiger partial charge in [-0.05, 0) is 29.8 Å². The molecular formula is C21H16ClF4N5O5S. The van der Waals surface area contributed by atoms with Gasteiger partial charge in [-0.3, -0.25) is 9.59 Å². The van der Waals surface area contributed by atoms with Gasteiger partial charge in [0.25, 0.3) is 0 Å². The highest BCUT2D eigenvalue weighted by molar-refractivity contribution is 7.91. The molecule has 1 atom stereocenters. The fourth-order valence-corrected chi connectivity index (χ4v) is 5.20. The molecule has 196 valence electrons. The Balaban J connectivity index is 1.77. The minimum atomic E-state index is -4.70. The van der Waals surface area contributed by atoms with Crippen molar-refractivity contribution in [3.63, 3.8) is 0 Å². The van der Waals surface area contributed by atoms with E-state index in [1.807, 2.05) is 0 Å². The predicted octanol–water partition coefficient (Wildman–Crippen LogP) is 2.47. The summed E-state index contributed by atoms with van der Waals surface area (Å²) in [6.45, 7) is -1.83. The Labute approximate surface area is 211 Å². The summed E-state index contributed by atoms with van der Waals surface area (Å²) in [7, 11) is -4.23. The number of carbonyl (C=O) groups is 2. The Bertz CT molecular complexity index is 1480. The predicted molar refractivity (Wildman–Crippen MR) is 121 cm³/mol. The van der Waals surface area contributed by atoms with Crippen molar-refractivity contribution in [2.24, 2.45) is 5.73 Å². The number of hydrogen-bond acceptors (Lipinski definition) is 8. The van der Waals surface area contributed by atoms with Gasteiger partial charge in [-0.15, -0.1) is 0 Å². The third-order valence-corrected chi connectivity index (χ3v) is 7.27. The molecule has 1 aliphatic rings. The zero-order valence-corrected chi connectivity index (χ0v) is 20.0. The Morgan fingerprint density at radius 3 is 2.57 bits per heavy atom. The molecule has 3 aromatic rings. The number of fused-ring (bicyclic) bond motifs is 1. The van der Waals surface area contributed by atoms with E-state index in [-0.39, 0.29) is 12.2 Å². The maximum Gasteiger partial charge on any atom is 0.405 e. The highest BCUT2D eigenvalue weighted by Gasteiger charge is 2.37. The van der Waals surface area contributed by atoms with Gasteiger partial charge < -0.3 is 20.5 Å². The molecule has 1 aliphatic heterocycles. The van der Waals surface area contributed by atoms with Gasteiger partial charge in [-0.25, -0.2) is 12.8 Å². The van der Waals surface area contributed by atoms with E-state index < -0.39 is 74.2 Å². The van der Waals surface area contributed by atoms with E-state index in [0.29, 0.717) is 16.7 Å². The molecule has 0 saturated carbocycles. The number of sulfone groups is 1. The van der Waals surface area contributed by atoms with E-state index >= 15 is 4.39 Å². The van der Waals surface area contributed by atoms with E-state index in [1.54, 1.807) is 24.3 Å². The van der Waals surface area contributed by atoms with Crippen LogP contribution in [-0.4, -0.2) is 54.9 Å². The number of halogens is 5. The monoisotopic (exact) mass is 561 g/mol. The van der Waals surface area contributed by atoms with Crippen LogP contribution in [0.2, 0.25) is 5.02 Å². The number of amides is 2. The summed E-state index contributed by atoms with van der Waals surface area (Å²) in [5.41, 5.74) is 5.67. The highest BCUT2D eigenvalue weighted by Crippen LogP contribution is 2.36. The lowest BCUT2D eigenvalue weighted by molar-refractivity contribution is -0.123. The summed E-state index contributed by atoms with van der Waals surface area (Å²) in [5, 5.41) is 5.36. The van der Waals surface area contributed by atoms with E-state index in [0.717, 1.165) is 11.0 Å². The van der Waals surface area contributed by atoms with E-state index in [4.69, 9.17) is 17.3 Å². The molecule has 2 amide bonds. The summed E-state index contributed by atoms with van der Waals surface area (Å²) in [4.78, 5) is 29.1. The number of nitrogens with one attached hydrogen (secondary N) is 1. The number of aromatic nitrogens is 2. The molecule has 0 aliphatic carbocycles. The molecule has 16 heteroatoms. The van der Waals surface area contributed by atoms with Crippen molar-refractivity contribution < 1.29 is 40.1 Å².